The Balaban J connectivity index is -0.0000000533. The summed E-state index contributed by atoms with van der Waals surface area (Å²) in [4.78, 5) is 0. The SMILES string of the molecule is [Hf+4].[O]=[Mn](=[O])(=[O])[O-].[O]=[Mn](=[O])(=[O])[O-].[O]=[Mn](=[O])(=[O])[O-].[O]=[Mn](=[O])(=[O])[O-]. The average Bonchev–Trinajstić information content (AvgIpc) is 1.62. The van der Waals surface area contributed by atoms with Gasteiger partial charge in [0.2, 0.25) is 0 Å². The fraction of sp³-hybridized carbons (Fsp3) is 0. The van der Waals surface area contributed by atoms with Crippen molar-refractivity contribution in [3.05, 3.63) is 0 Å². The van der Waals surface area contributed by atoms with Gasteiger partial charge in [-0.05, 0) is 0 Å². The first-order valence-corrected chi connectivity index (χ1v) is 10.2. The molecule has 0 saturated heterocycles. The molecular weight excluding hydrogens is 654 g/mol. The molecule has 0 atom stereocenters. The van der Waals surface area contributed by atoms with E-state index in [0.29, 0.717) is 0 Å². The Labute approximate surface area is 139 Å². The molecule has 0 aromatic rings. The Morgan fingerprint density at radius 1 is 0.333 bits per heavy atom. The van der Waals surface area contributed by atoms with Gasteiger partial charge in [0.15, 0.2) is 0 Å². The van der Waals surface area contributed by atoms with Crippen molar-refractivity contribution < 1.29 is 140 Å². The van der Waals surface area contributed by atoms with Gasteiger partial charge in [-0.15, -0.1) is 0 Å². The van der Waals surface area contributed by atoms with Crippen LogP contribution in [0.1, 0.15) is 0 Å². The molecule has 21 heavy (non-hydrogen) atoms. The number of hydrogen-bond acceptors (Lipinski definition) is 16. The second kappa shape index (κ2) is 12.9. The molecule has 0 rings (SSSR count). The van der Waals surface area contributed by atoms with Gasteiger partial charge >= 0.3 is 140 Å². The Bertz CT molecular complexity index is 673. The summed E-state index contributed by atoms with van der Waals surface area (Å²) in [5, 5.41) is 0. The molecule has 0 radical (unpaired) electrons. The molecule has 0 N–H and O–H groups in total. The number of hydrogen-bond donors (Lipinski definition) is 0. The van der Waals surface area contributed by atoms with Crippen LogP contribution in [-0.4, -0.2) is 0 Å². The molecule has 0 amide bonds. The molecule has 16 nitrogen and oxygen atoms in total. The molecule has 0 heterocycles. The Kier molecular flexibility index (Phi) is 20.3. The van der Waals surface area contributed by atoms with Gasteiger partial charge in [-0.2, -0.15) is 0 Å². The van der Waals surface area contributed by atoms with Crippen LogP contribution in [0.25, 0.3) is 0 Å². The second-order valence-corrected chi connectivity index (χ2v) is 6.23. The molecule has 0 aliphatic carbocycles. The van der Waals surface area contributed by atoms with Crippen molar-refractivity contribution >= 4 is 0 Å². The number of rotatable bonds is 0. The van der Waals surface area contributed by atoms with Crippen LogP contribution in [0.3, 0.4) is 0 Å². The van der Waals surface area contributed by atoms with Gasteiger partial charge < -0.3 is 0 Å². The summed E-state index contributed by atoms with van der Waals surface area (Å²) in [5.41, 5.74) is 0. The van der Waals surface area contributed by atoms with Gasteiger partial charge in [-0.25, -0.2) is 0 Å². The monoisotopic (exact) mass is 656 g/mol. The molecule has 0 fully saturated rings. The third-order valence-electron chi connectivity index (χ3n) is 0. The Hall–Kier alpha value is 0.388. The van der Waals surface area contributed by atoms with Crippen LogP contribution in [-0.2, 0) is 124 Å². The quantitative estimate of drug-likeness (QED) is 0.219. The van der Waals surface area contributed by atoms with Crippen molar-refractivity contribution in [2.75, 3.05) is 0 Å². The van der Waals surface area contributed by atoms with Crippen molar-refractivity contribution in [3.63, 3.8) is 0 Å². The molecule has 0 aromatic carbocycles. The van der Waals surface area contributed by atoms with E-state index in [2.05, 4.69) is 0 Å². The second-order valence-electron chi connectivity index (χ2n) is 1.51. The maximum absolute atomic E-state index is 8.58. The summed E-state index contributed by atoms with van der Waals surface area (Å²) < 4.78 is 137. The van der Waals surface area contributed by atoms with Gasteiger partial charge in [0.1, 0.15) is 0 Å². The van der Waals surface area contributed by atoms with Crippen LogP contribution in [0, 0.1) is 0 Å². The normalized spacial score (nSPS) is 10.9. The van der Waals surface area contributed by atoms with E-state index in [1.54, 1.807) is 0 Å². The minimum atomic E-state index is -5.62. The third-order valence-corrected chi connectivity index (χ3v) is 0. The van der Waals surface area contributed by atoms with Gasteiger partial charge in [0.05, 0.1) is 0 Å². The van der Waals surface area contributed by atoms with E-state index in [-0.39, 0.29) is 25.8 Å². The predicted molar refractivity (Wildman–Crippen MR) is 8.24 cm³/mol. The van der Waals surface area contributed by atoms with Crippen molar-refractivity contribution in [1.82, 2.24) is 0 Å². The summed E-state index contributed by atoms with van der Waals surface area (Å²) in [5.74, 6) is 0. The fourth-order valence-corrected chi connectivity index (χ4v) is 0. The summed E-state index contributed by atoms with van der Waals surface area (Å²) in [6, 6.07) is 0. The van der Waals surface area contributed by atoms with Crippen LogP contribution in [0.4, 0.5) is 0 Å². The van der Waals surface area contributed by atoms with Crippen molar-refractivity contribution in [1.29, 1.82) is 0 Å². The molecule has 0 saturated carbocycles. The maximum atomic E-state index is 8.58. The van der Waals surface area contributed by atoms with E-state index in [9.17, 15) is 0 Å². The van der Waals surface area contributed by atoms with E-state index < -0.39 is 51.9 Å². The molecule has 128 valence electrons. The molecular formula is HfMn4O16. The molecule has 21 heteroatoms. The van der Waals surface area contributed by atoms with Crippen molar-refractivity contribution in [2.24, 2.45) is 0 Å². The first-order chi connectivity index (χ1) is 8.00. The predicted octanol–water partition coefficient (Wildman–Crippen LogP) is -6.19. The van der Waals surface area contributed by atoms with Crippen molar-refractivity contribution in [2.45, 2.75) is 0 Å². The van der Waals surface area contributed by atoms with Crippen LogP contribution < -0.4 is 16.8 Å². The average molecular weight is 654 g/mol. The zero-order valence-electron chi connectivity index (χ0n) is 8.54. The van der Waals surface area contributed by atoms with E-state index in [1.807, 2.05) is 0 Å². The first-order valence-electron chi connectivity index (χ1n) is 2.47. The fourth-order valence-electron chi connectivity index (χ4n) is 0. The first kappa shape index (κ1) is 33.1. The summed E-state index contributed by atoms with van der Waals surface area (Å²) in [6.07, 6.45) is 0. The topological polar surface area (TPSA) is 297 Å². The van der Waals surface area contributed by atoms with Gasteiger partial charge in [-0.1, -0.05) is 0 Å². The summed E-state index contributed by atoms with van der Waals surface area (Å²) in [7, 11) is 0. The van der Waals surface area contributed by atoms with Crippen molar-refractivity contribution in [3.8, 4) is 0 Å². The van der Waals surface area contributed by atoms with Crippen LogP contribution >= 0.6 is 0 Å². The van der Waals surface area contributed by atoms with E-state index in [4.69, 9.17) is 62.8 Å². The Morgan fingerprint density at radius 2 is 0.333 bits per heavy atom. The van der Waals surface area contributed by atoms with E-state index in [0.717, 1.165) is 0 Å². The summed E-state index contributed by atoms with van der Waals surface area (Å²) in [6.45, 7) is 0. The standard InChI is InChI=1S/Hf.4Mn.16O/q+4;;;;;;;;;;;;;;;;;4*-1. The van der Waals surface area contributed by atoms with Gasteiger partial charge in [-0.3, -0.25) is 0 Å². The molecule has 0 spiro atoms. The minimum absolute atomic E-state index is 0. The zero-order chi connectivity index (χ0) is 18.0. The molecule has 0 unspecified atom stereocenters. The third kappa shape index (κ3) is 45800. The van der Waals surface area contributed by atoms with Crippen LogP contribution in [0.15, 0.2) is 0 Å². The van der Waals surface area contributed by atoms with Gasteiger partial charge in [0.25, 0.3) is 0 Å². The van der Waals surface area contributed by atoms with Crippen LogP contribution in [0.2, 0.25) is 0 Å². The van der Waals surface area contributed by atoms with Gasteiger partial charge in [0, 0.05) is 0 Å². The Morgan fingerprint density at radius 3 is 0.333 bits per heavy atom. The zero-order valence-corrected chi connectivity index (χ0v) is 16.9. The molecule has 0 aromatic heterocycles. The molecule has 0 aliphatic rings. The summed E-state index contributed by atoms with van der Waals surface area (Å²) >= 11 is -22.5. The molecule has 0 aliphatic heterocycles. The molecule has 0 bridgehead atoms. The van der Waals surface area contributed by atoms with E-state index >= 15 is 0 Å². The van der Waals surface area contributed by atoms with Crippen LogP contribution in [0.5, 0.6) is 0 Å². The van der Waals surface area contributed by atoms with E-state index in [1.165, 1.54) is 0 Å².